The summed E-state index contributed by atoms with van der Waals surface area (Å²) in [5.41, 5.74) is 2.67. The molecule has 3 N–H and O–H groups in total. The predicted molar refractivity (Wildman–Crippen MR) is 118 cm³/mol. The van der Waals surface area contributed by atoms with E-state index in [0.29, 0.717) is 30.0 Å². The second-order valence-corrected chi connectivity index (χ2v) is 7.51. The molecule has 0 bridgehead atoms. The number of amides is 2. The molecule has 0 saturated carbocycles. The molecule has 1 saturated heterocycles. The standard InChI is InChI=1S/C23H25N5O3/c1-24-21-12-15(6-8-25-21)23(31)28-10-7-16(14-28)20-13-18(22(30)26-9-11-29)17-4-2-3-5-19(17)27-20/h2-6,8,12-13,16,29H,7,9-11,14H2,1H3,(H,24,25)(H,26,30)/t16-/m1/s1. The monoisotopic (exact) mass is 419 g/mol. The van der Waals surface area contributed by atoms with Gasteiger partial charge < -0.3 is 20.6 Å². The van der Waals surface area contributed by atoms with E-state index in [1.54, 1.807) is 25.4 Å². The average Bonchev–Trinajstić information content (AvgIpc) is 3.31. The number of anilines is 1. The fourth-order valence-corrected chi connectivity index (χ4v) is 3.93. The van der Waals surface area contributed by atoms with Crippen LogP contribution in [0.5, 0.6) is 0 Å². The van der Waals surface area contributed by atoms with Crippen LogP contribution in [0.4, 0.5) is 5.82 Å². The van der Waals surface area contributed by atoms with Crippen LogP contribution in [0.1, 0.15) is 38.7 Å². The number of rotatable bonds is 6. The summed E-state index contributed by atoms with van der Waals surface area (Å²) in [6, 6.07) is 12.8. The van der Waals surface area contributed by atoms with Crippen molar-refractivity contribution in [2.75, 3.05) is 38.6 Å². The van der Waals surface area contributed by atoms with E-state index in [9.17, 15) is 9.59 Å². The van der Waals surface area contributed by atoms with Crippen LogP contribution in [0.25, 0.3) is 10.9 Å². The number of nitrogens with one attached hydrogen (secondary N) is 2. The number of aromatic nitrogens is 2. The first-order valence-electron chi connectivity index (χ1n) is 10.3. The molecule has 8 nitrogen and oxygen atoms in total. The van der Waals surface area contributed by atoms with Gasteiger partial charge in [0, 0.05) is 55.4 Å². The van der Waals surface area contributed by atoms with Crippen LogP contribution in [0.3, 0.4) is 0 Å². The Kier molecular flexibility index (Phi) is 6.08. The Balaban J connectivity index is 1.59. The zero-order valence-electron chi connectivity index (χ0n) is 17.3. The number of aliphatic hydroxyl groups excluding tert-OH is 1. The van der Waals surface area contributed by atoms with Crippen LogP contribution in [-0.4, -0.2) is 65.1 Å². The molecule has 0 unspecified atom stereocenters. The van der Waals surface area contributed by atoms with E-state index in [-0.39, 0.29) is 30.9 Å². The van der Waals surface area contributed by atoms with Gasteiger partial charge in [-0.25, -0.2) is 4.98 Å². The molecule has 2 aromatic heterocycles. The second-order valence-electron chi connectivity index (χ2n) is 7.51. The number of nitrogens with zero attached hydrogens (tertiary/aromatic N) is 3. The Bertz CT molecular complexity index is 1120. The molecule has 3 aromatic rings. The molecular formula is C23H25N5O3. The number of benzene rings is 1. The molecule has 0 radical (unpaired) electrons. The summed E-state index contributed by atoms with van der Waals surface area (Å²) in [7, 11) is 1.77. The highest BCUT2D eigenvalue weighted by Crippen LogP contribution is 2.30. The summed E-state index contributed by atoms with van der Waals surface area (Å²) in [6.45, 7) is 1.24. The number of para-hydroxylation sites is 1. The molecule has 160 valence electrons. The van der Waals surface area contributed by atoms with Crippen LogP contribution in [0.2, 0.25) is 0 Å². The van der Waals surface area contributed by atoms with E-state index >= 15 is 0 Å². The lowest BCUT2D eigenvalue weighted by atomic mass is 9.99. The van der Waals surface area contributed by atoms with Gasteiger partial charge in [-0.05, 0) is 30.7 Å². The van der Waals surface area contributed by atoms with Gasteiger partial charge in [0.15, 0.2) is 0 Å². The van der Waals surface area contributed by atoms with Gasteiger partial charge in [-0.15, -0.1) is 0 Å². The zero-order valence-corrected chi connectivity index (χ0v) is 17.3. The van der Waals surface area contributed by atoms with Crippen molar-refractivity contribution in [2.24, 2.45) is 0 Å². The molecule has 8 heteroatoms. The Hall–Kier alpha value is -3.52. The first-order chi connectivity index (χ1) is 15.1. The molecule has 1 aliphatic heterocycles. The Morgan fingerprint density at radius 1 is 1.23 bits per heavy atom. The van der Waals surface area contributed by atoms with E-state index in [1.165, 1.54) is 0 Å². The normalized spacial score (nSPS) is 15.8. The third kappa shape index (κ3) is 4.34. The number of aliphatic hydroxyl groups is 1. The van der Waals surface area contributed by atoms with Crippen molar-refractivity contribution in [1.29, 1.82) is 0 Å². The van der Waals surface area contributed by atoms with Gasteiger partial charge in [-0.3, -0.25) is 14.6 Å². The van der Waals surface area contributed by atoms with Crippen molar-refractivity contribution in [3.8, 4) is 0 Å². The summed E-state index contributed by atoms with van der Waals surface area (Å²) in [4.78, 5) is 36.4. The summed E-state index contributed by atoms with van der Waals surface area (Å²) in [6.07, 6.45) is 2.40. The van der Waals surface area contributed by atoms with Gasteiger partial charge in [0.1, 0.15) is 5.82 Å². The summed E-state index contributed by atoms with van der Waals surface area (Å²) < 4.78 is 0. The van der Waals surface area contributed by atoms with Gasteiger partial charge in [-0.1, -0.05) is 18.2 Å². The third-order valence-electron chi connectivity index (χ3n) is 5.53. The van der Waals surface area contributed by atoms with Crippen molar-refractivity contribution in [3.63, 3.8) is 0 Å². The quantitative estimate of drug-likeness (QED) is 0.564. The highest BCUT2D eigenvalue weighted by atomic mass is 16.3. The minimum absolute atomic E-state index is 0.0388. The number of carbonyl (C=O) groups excluding carboxylic acids is 2. The topological polar surface area (TPSA) is 107 Å². The van der Waals surface area contributed by atoms with Crippen molar-refractivity contribution >= 4 is 28.5 Å². The van der Waals surface area contributed by atoms with Gasteiger partial charge in [0.2, 0.25) is 0 Å². The fourth-order valence-electron chi connectivity index (χ4n) is 3.93. The van der Waals surface area contributed by atoms with Crippen LogP contribution in [0, 0.1) is 0 Å². The number of hydrogen-bond donors (Lipinski definition) is 3. The molecule has 1 aliphatic rings. The molecule has 1 atom stereocenters. The summed E-state index contributed by atoms with van der Waals surface area (Å²) in [5.74, 6) is 0.416. The number of pyridine rings is 2. The minimum atomic E-state index is -0.240. The first kappa shape index (κ1) is 20.7. The molecular weight excluding hydrogens is 394 g/mol. The number of carbonyl (C=O) groups is 2. The summed E-state index contributed by atoms with van der Waals surface area (Å²) >= 11 is 0. The van der Waals surface area contributed by atoms with Crippen LogP contribution in [-0.2, 0) is 0 Å². The van der Waals surface area contributed by atoms with Crippen LogP contribution in [0.15, 0.2) is 48.7 Å². The highest BCUT2D eigenvalue weighted by Gasteiger charge is 2.30. The van der Waals surface area contributed by atoms with Crippen LogP contribution < -0.4 is 10.6 Å². The lowest BCUT2D eigenvalue weighted by molar-refractivity contribution is 0.0790. The predicted octanol–water partition coefficient (Wildman–Crippen LogP) is 2.02. The van der Waals surface area contributed by atoms with Gasteiger partial charge in [-0.2, -0.15) is 0 Å². The Morgan fingerprint density at radius 2 is 2.06 bits per heavy atom. The maximum Gasteiger partial charge on any atom is 0.254 e. The van der Waals surface area contributed by atoms with Crippen molar-refractivity contribution in [3.05, 3.63) is 65.5 Å². The van der Waals surface area contributed by atoms with Gasteiger partial charge in [0.05, 0.1) is 17.7 Å². The van der Waals surface area contributed by atoms with E-state index in [0.717, 1.165) is 23.0 Å². The zero-order chi connectivity index (χ0) is 21.8. The van der Waals surface area contributed by atoms with Crippen LogP contribution >= 0.6 is 0 Å². The highest BCUT2D eigenvalue weighted by molar-refractivity contribution is 6.06. The van der Waals surface area contributed by atoms with Crippen molar-refractivity contribution in [1.82, 2.24) is 20.2 Å². The first-order valence-corrected chi connectivity index (χ1v) is 10.3. The number of likely N-dealkylation sites (tertiary alicyclic amines) is 1. The molecule has 31 heavy (non-hydrogen) atoms. The Labute approximate surface area is 180 Å². The van der Waals surface area contributed by atoms with E-state index < -0.39 is 0 Å². The lowest BCUT2D eigenvalue weighted by Crippen LogP contribution is -2.29. The molecule has 2 amide bonds. The smallest absolute Gasteiger partial charge is 0.254 e. The van der Waals surface area contributed by atoms with E-state index in [4.69, 9.17) is 10.1 Å². The minimum Gasteiger partial charge on any atom is -0.395 e. The SMILES string of the molecule is CNc1cc(C(=O)N2CC[C@@H](c3cc(C(=O)NCCO)c4ccccc4n3)C2)ccn1. The third-order valence-corrected chi connectivity index (χ3v) is 5.53. The van der Waals surface area contributed by atoms with E-state index in [2.05, 4.69) is 15.6 Å². The second kappa shape index (κ2) is 9.09. The molecule has 0 spiro atoms. The summed E-state index contributed by atoms with van der Waals surface area (Å²) in [5, 5.41) is 15.5. The van der Waals surface area contributed by atoms with Crippen molar-refractivity contribution in [2.45, 2.75) is 12.3 Å². The Morgan fingerprint density at radius 3 is 2.87 bits per heavy atom. The van der Waals surface area contributed by atoms with Gasteiger partial charge >= 0.3 is 0 Å². The number of fused-ring (bicyclic) bond motifs is 1. The number of hydrogen-bond acceptors (Lipinski definition) is 6. The average molecular weight is 419 g/mol. The molecule has 1 fully saturated rings. The lowest BCUT2D eigenvalue weighted by Gasteiger charge is -2.17. The maximum absolute atomic E-state index is 13.0. The molecule has 4 rings (SSSR count). The molecule has 1 aromatic carbocycles. The largest absolute Gasteiger partial charge is 0.395 e. The van der Waals surface area contributed by atoms with Gasteiger partial charge in [0.25, 0.3) is 11.8 Å². The fraction of sp³-hybridized carbons (Fsp3) is 0.304. The van der Waals surface area contributed by atoms with Crippen molar-refractivity contribution < 1.29 is 14.7 Å². The molecule has 3 heterocycles. The molecule has 0 aliphatic carbocycles. The van der Waals surface area contributed by atoms with E-state index in [1.807, 2.05) is 35.2 Å². The maximum atomic E-state index is 13.0.